The van der Waals surface area contributed by atoms with E-state index in [1.54, 1.807) is 0 Å². The largest absolute Gasteiger partial charge is 0.330 e. The highest BCUT2D eigenvalue weighted by Crippen LogP contribution is 2.56. The van der Waals surface area contributed by atoms with E-state index in [0.29, 0.717) is 11.3 Å². The van der Waals surface area contributed by atoms with Gasteiger partial charge in [-0.25, -0.2) is 0 Å². The fourth-order valence-electron chi connectivity index (χ4n) is 4.52. The van der Waals surface area contributed by atoms with E-state index < -0.39 is 0 Å². The van der Waals surface area contributed by atoms with E-state index in [1.807, 2.05) is 0 Å². The zero-order valence-electron chi connectivity index (χ0n) is 12.4. The van der Waals surface area contributed by atoms with Gasteiger partial charge in [0.2, 0.25) is 0 Å². The first-order chi connectivity index (χ1) is 9.13. The third-order valence-electron chi connectivity index (χ3n) is 5.71. The summed E-state index contributed by atoms with van der Waals surface area (Å²) < 4.78 is 0. The summed E-state index contributed by atoms with van der Waals surface area (Å²) in [6.45, 7) is 5.39. The van der Waals surface area contributed by atoms with Gasteiger partial charge in [-0.05, 0) is 66.5 Å². The summed E-state index contributed by atoms with van der Waals surface area (Å²) in [5.41, 5.74) is 9.53. The van der Waals surface area contributed by atoms with Gasteiger partial charge in [0, 0.05) is 0 Å². The summed E-state index contributed by atoms with van der Waals surface area (Å²) in [7, 11) is 0. The van der Waals surface area contributed by atoms with Crippen LogP contribution in [0.15, 0.2) is 24.3 Å². The van der Waals surface area contributed by atoms with Crippen LogP contribution in [0.3, 0.4) is 0 Å². The SMILES string of the molecule is CC(C)c1ccc(CC2(CN)CC3CCC2C3)cc1. The maximum atomic E-state index is 6.18. The van der Waals surface area contributed by atoms with Gasteiger partial charge in [0.1, 0.15) is 0 Å². The number of fused-ring (bicyclic) bond motifs is 2. The molecule has 2 aliphatic rings. The van der Waals surface area contributed by atoms with Gasteiger partial charge in [0.05, 0.1) is 0 Å². The smallest absolute Gasteiger partial charge is 0.00146 e. The highest BCUT2D eigenvalue weighted by atomic mass is 14.7. The lowest BCUT2D eigenvalue weighted by Gasteiger charge is -2.37. The van der Waals surface area contributed by atoms with Gasteiger partial charge in [-0.1, -0.05) is 44.5 Å². The highest BCUT2D eigenvalue weighted by molar-refractivity contribution is 5.26. The van der Waals surface area contributed by atoms with Crippen LogP contribution in [0.2, 0.25) is 0 Å². The predicted octanol–water partition coefficient (Wildman–Crippen LogP) is 4.12. The molecule has 3 unspecified atom stereocenters. The fourth-order valence-corrected chi connectivity index (χ4v) is 4.52. The molecule has 2 N–H and O–H groups in total. The number of rotatable bonds is 4. The monoisotopic (exact) mass is 257 g/mol. The van der Waals surface area contributed by atoms with Crippen molar-refractivity contribution < 1.29 is 0 Å². The first kappa shape index (κ1) is 13.2. The lowest BCUT2D eigenvalue weighted by molar-refractivity contribution is 0.171. The summed E-state index contributed by atoms with van der Waals surface area (Å²) in [4.78, 5) is 0. The van der Waals surface area contributed by atoms with Crippen LogP contribution in [0.1, 0.15) is 56.6 Å². The van der Waals surface area contributed by atoms with Gasteiger partial charge in [0.15, 0.2) is 0 Å². The first-order valence-corrected chi connectivity index (χ1v) is 7.92. The molecule has 1 nitrogen and oxygen atoms in total. The van der Waals surface area contributed by atoms with Crippen molar-refractivity contribution in [2.75, 3.05) is 6.54 Å². The van der Waals surface area contributed by atoms with Crippen molar-refractivity contribution in [3.8, 4) is 0 Å². The molecule has 0 aromatic heterocycles. The van der Waals surface area contributed by atoms with E-state index in [1.165, 1.54) is 43.2 Å². The van der Waals surface area contributed by atoms with Gasteiger partial charge >= 0.3 is 0 Å². The lowest BCUT2D eigenvalue weighted by Crippen LogP contribution is -2.37. The Hall–Kier alpha value is -0.820. The highest BCUT2D eigenvalue weighted by Gasteiger charge is 2.49. The van der Waals surface area contributed by atoms with Crippen molar-refractivity contribution in [1.29, 1.82) is 0 Å². The molecular formula is C18H27N. The Labute approximate surface area is 117 Å². The van der Waals surface area contributed by atoms with Crippen molar-refractivity contribution >= 4 is 0 Å². The van der Waals surface area contributed by atoms with Crippen molar-refractivity contribution in [3.63, 3.8) is 0 Å². The third-order valence-corrected chi connectivity index (χ3v) is 5.71. The summed E-state index contributed by atoms with van der Waals surface area (Å²) in [5.74, 6) is 2.50. The molecule has 1 aromatic carbocycles. The van der Waals surface area contributed by atoms with Crippen LogP contribution in [0.25, 0.3) is 0 Å². The third kappa shape index (κ3) is 2.33. The quantitative estimate of drug-likeness (QED) is 0.862. The van der Waals surface area contributed by atoms with E-state index in [9.17, 15) is 0 Å². The van der Waals surface area contributed by atoms with Gasteiger partial charge in [-0.15, -0.1) is 0 Å². The van der Waals surface area contributed by atoms with Crippen LogP contribution in [0.5, 0.6) is 0 Å². The maximum absolute atomic E-state index is 6.18. The van der Waals surface area contributed by atoms with Crippen LogP contribution in [-0.2, 0) is 6.42 Å². The molecule has 2 fully saturated rings. The van der Waals surface area contributed by atoms with E-state index in [0.717, 1.165) is 18.4 Å². The van der Waals surface area contributed by atoms with Gasteiger partial charge in [-0.3, -0.25) is 0 Å². The molecule has 3 rings (SSSR count). The van der Waals surface area contributed by atoms with E-state index in [2.05, 4.69) is 38.1 Å². The standard InChI is InChI=1S/C18H27N/c1-13(2)16-6-3-14(4-7-16)10-18(12-19)11-15-5-8-17(18)9-15/h3-4,6-7,13,15,17H,5,8-12,19H2,1-2H3. The average Bonchev–Trinajstić information content (AvgIpc) is 3.00. The maximum Gasteiger partial charge on any atom is -0.00146 e. The molecule has 2 saturated carbocycles. The molecule has 0 saturated heterocycles. The number of hydrogen-bond acceptors (Lipinski definition) is 1. The molecule has 0 radical (unpaired) electrons. The lowest BCUT2D eigenvalue weighted by atomic mass is 9.69. The van der Waals surface area contributed by atoms with E-state index >= 15 is 0 Å². The molecule has 3 atom stereocenters. The molecule has 0 amide bonds. The Bertz CT molecular complexity index is 434. The molecule has 0 aliphatic heterocycles. The van der Waals surface area contributed by atoms with Crippen LogP contribution >= 0.6 is 0 Å². The topological polar surface area (TPSA) is 26.0 Å². The average molecular weight is 257 g/mol. The van der Waals surface area contributed by atoms with Crippen molar-refractivity contribution in [2.45, 2.75) is 51.9 Å². The second kappa shape index (κ2) is 4.94. The normalized spacial score (nSPS) is 33.3. The number of benzene rings is 1. The zero-order valence-corrected chi connectivity index (χ0v) is 12.4. The van der Waals surface area contributed by atoms with Gasteiger partial charge < -0.3 is 5.73 Å². The van der Waals surface area contributed by atoms with Gasteiger partial charge in [0.25, 0.3) is 0 Å². The molecule has 2 bridgehead atoms. The number of nitrogens with two attached hydrogens (primary N) is 1. The molecule has 1 heteroatoms. The Morgan fingerprint density at radius 3 is 2.42 bits per heavy atom. The Kier molecular flexibility index (Phi) is 3.42. The molecule has 104 valence electrons. The van der Waals surface area contributed by atoms with E-state index in [4.69, 9.17) is 5.73 Å². The van der Waals surface area contributed by atoms with E-state index in [-0.39, 0.29) is 0 Å². The first-order valence-electron chi connectivity index (χ1n) is 7.92. The Morgan fingerprint density at radius 2 is 1.95 bits per heavy atom. The molecule has 0 spiro atoms. The summed E-state index contributed by atoms with van der Waals surface area (Å²) >= 11 is 0. The molecule has 19 heavy (non-hydrogen) atoms. The summed E-state index contributed by atoms with van der Waals surface area (Å²) in [5, 5.41) is 0. The number of hydrogen-bond donors (Lipinski definition) is 1. The Balaban J connectivity index is 1.76. The Morgan fingerprint density at radius 1 is 1.21 bits per heavy atom. The van der Waals surface area contributed by atoms with Crippen LogP contribution in [0, 0.1) is 17.3 Å². The minimum atomic E-state index is 0.419. The molecule has 2 aliphatic carbocycles. The molecular weight excluding hydrogens is 230 g/mol. The summed E-state index contributed by atoms with van der Waals surface area (Å²) in [6, 6.07) is 9.27. The molecule has 0 heterocycles. The zero-order chi connectivity index (χ0) is 13.5. The predicted molar refractivity (Wildman–Crippen MR) is 81.2 cm³/mol. The fraction of sp³-hybridized carbons (Fsp3) is 0.667. The minimum Gasteiger partial charge on any atom is -0.330 e. The summed E-state index contributed by atoms with van der Waals surface area (Å²) in [6.07, 6.45) is 6.90. The van der Waals surface area contributed by atoms with Crippen molar-refractivity contribution in [2.24, 2.45) is 23.0 Å². The van der Waals surface area contributed by atoms with Gasteiger partial charge in [-0.2, -0.15) is 0 Å². The van der Waals surface area contributed by atoms with Crippen LogP contribution in [-0.4, -0.2) is 6.54 Å². The van der Waals surface area contributed by atoms with Crippen LogP contribution < -0.4 is 5.73 Å². The van der Waals surface area contributed by atoms with Crippen LogP contribution in [0.4, 0.5) is 0 Å². The second-order valence-corrected chi connectivity index (χ2v) is 7.22. The van der Waals surface area contributed by atoms with Crippen molar-refractivity contribution in [3.05, 3.63) is 35.4 Å². The minimum absolute atomic E-state index is 0.419. The van der Waals surface area contributed by atoms with Crippen molar-refractivity contribution in [1.82, 2.24) is 0 Å². The molecule has 1 aromatic rings. The second-order valence-electron chi connectivity index (χ2n) is 7.22.